The van der Waals surface area contributed by atoms with Crippen LogP contribution in [0, 0.1) is 6.33 Å². The average molecular weight is 180 g/mol. The van der Waals surface area contributed by atoms with E-state index in [1.165, 1.54) is 0 Å². The highest BCUT2D eigenvalue weighted by Crippen LogP contribution is 2.04. The van der Waals surface area contributed by atoms with Crippen molar-refractivity contribution in [3.05, 3.63) is 18.6 Å². The minimum atomic E-state index is -0.815. The molecule has 0 aliphatic carbocycles. The Morgan fingerprint density at radius 1 is 1.77 bits per heavy atom. The fourth-order valence-electron chi connectivity index (χ4n) is 0.845. The fraction of sp³-hybridized carbons (Fsp3) is 0.375. The molecule has 1 heterocycles. The molecule has 0 aromatic carbocycles. The van der Waals surface area contributed by atoms with E-state index in [0.29, 0.717) is 12.4 Å². The Bertz CT molecular complexity index is 276. The number of rotatable bonds is 4. The monoisotopic (exact) mass is 180 g/mol. The molecule has 1 rings (SSSR count). The number of carboxylic acids is 1. The second-order valence-electron chi connectivity index (χ2n) is 2.58. The van der Waals surface area contributed by atoms with Gasteiger partial charge >= 0.3 is 5.97 Å². The Labute approximate surface area is 76.0 Å². The third kappa shape index (κ3) is 3.06. The van der Waals surface area contributed by atoms with Crippen molar-refractivity contribution in [1.29, 1.82) is 0 Å². The Kier molecular flexibility index (Phi) is 3.19. The van der Waals surface area contributed by atoms with Crippen LogP contribution in [0.15, 0.2) is 12.3 Å². The number of hydrogen-bond donors (Lipinski definition) is 1. The van der Waals surface area contributed by atoms with Crippen LogP contribution in [-0.4, -0.2) is 34.6 Å². The van der Waals surface area contributed by atoms with Gasteiger partial charge in [-0.1, -0.05) is 0 Å². The normalized spacial score (nSPS) is 9.62. The van der Waals surface area contributed by atoms with Crippen LogP contribution in [-0.2, 0) is 4.79 Å². The second kappa shape index (κ2) is 4.39. The summed E-state index contributed by atoms with van der Waals surface area (Å²) < 4.78 is 0. The van der Waals surface area contributed by atoms with Crippen molar-refractivity contribution in [2.45, 2.75) is 6.42 Å². The van der Waals surface area contributed by atoms with Gasteiger partial charge in [0, 0.05) is 19.8 Å². The topological polar surface area (TPSA) is 66.3 Å². The zero-order chi connectivity index (χ0) is 9.68. The number of anilines is 1. The summed E-state index contributed by atoms with van der Waals surface area (Å²) in [5, 5.41) is 8.44. The van der Waals surface area contributed by atoms with Crippen molar-refractivity contribution in [3.63, 3.8) is 0 Å². The van der Waals surface area contributed by atoms with E-state index >= 15 is 0 Å². The van der Waals surface area contributed by atoms with Crippen molar-refractivity contribution in [3.8, 4) is 0 Å². The summed E-state index contributed by atoms with van der Waals surface area (Å²) >= 11 is 0. The Morgan fingerprint density at radius 3 is 3.08 bits per heavy atom. The molecular formula is C8H10N3O2. The molecule has 69 valence electrons. The third-order valence-electron chi connectivity index (χ3n) is 1.57. The van der Waals surface area contributed by atoms with Gasteiger partial charge < -0.3 is 10.0 Å². The molecule has 1 aromatic rings. The largest absolute Gasteiger partial charge is 0.481 e. The quantitative estimate of drug-likeness (QED) is 0.716. The number of hydrogen-bond acceptors (Lipinski definition) is 4. The van der Waals surface area contributed by atoms with E-state index in [9.17, 15) is 4.79 Å². The van der Waals surface area contributed by atoms with E-state index in [1.807, 2.05) is 0 Å². The second-order valence-corrected chi connectivity index (χ2v) is 2.58. The van der Waals surface area contributed by atoms with Gasteiger partial charge in [0.2, 0.25) is 0 Å². The standard InChI is InChI=1S/C8H10N3O2/c1-11(5-3-8(12)13)7-2-4-9-6-10-7/h2,4H,3,5H2,1H3,(H,12,13). The predicted octanol–water partition coefficient (Wildman–Crippen LogP) is 0.188. The van der Waals surface area contributed by atoms with E-state index in [0.717, 1.165) is 0 Å². The lowest BCUT2D eigenvalue weighted by Gasteiger charge is -2.15. The molecule has 0 saturated heterocycles. The Morgan fingerprint density at radius 2 is 2.54 bits per heavy atom. The highest BCUT2D eigenvalue weighted by Gasteiger charge is 2.03. The number of nitrogens with zero attached hydrogens (tertiary/aromatic N) is 3. The van der Waals surface area contributed by atoms with Crippen molar-refractivity contribution in [2.24, 2.45) is 0 Å². The van der Waals surface area contributed by atoms with Gasteiger partial charge in [-0.2, -0.15) is 0 Å². The van der Waals surface area contributed by atoms with E-state index in [-0.39, 0.29) is 6.42 Å². The van der Waals surface area contributed by atoms with Crippen LogP contribution < -0.4 is 4.90 Å². The first-order valence-electron chi connectivity index (χ1n) is 3.82. The van der Waals surface area contributed by atoms with Crippen LogP contribution in [0.5, 0.6) is 0 Å². The summed E-state index contributed by atoms with van der Waals surface area (Å²) in [7, 11) is 1.78. The number of aliphatic carboxylic acids is 1. The molecule has 13 heavy (non-hydrogen) atoms. The van der Waals surface area contributed by atoms with Crippen LogP contribution in [0.1, 0.15) is 6.42 Å². The minimum Gasteiger partial charge on any atom is -0.481 e. The molecule has 0 spiro atoms. The minimum absolute atomic E-state index is 0.0977. The predicted molar refractivity (Wildman–Crippen MR) is 46.4 cm³/mol. The van der Waals surface area contributed by atoms with Crippen LogP contribution in [0.25, 0.3) is 0 Å². The number of aromatic nitrogens is 2. The third-order valence-corrected chi connectivity index (χ3v) is 1.57. The van der Waals surface area contributed by atoms with Gasteiger partial charge in [0.05, 0.1) is 6.42 Å². The fourth-order valence-corrected chi connectivity index (χ4v) is 0.845. The summed E-state index contributed by atoms with van der Waals surface area (Å²) in [6.45, 7) is 0.431. The zero-order valence-electron chi connectivity index (χ0n) is 7.27. The molecular weight excluding hydrogens is 170 g/mol. The lowest BCUT2D eigenvalue weighted by Crippen LogP contribution is -2.21. The molecule has 0 bridgehead atoms. The Balaban J connectivity index is 2.49. The maximum absolute atomic E-state index is 10.3. The van der Waals surface area contributed by atoms with Crippen LogP contribution in [0.4, 0.5) is 5.82 Å². The van der Waals surface area contributed by atoms with Crippen LogP contribution in [0.2, 0.25) is 0 Å². The molecule has 1 radical (unpaired) electrons. The summed E-state index contributed by atoms with van der Waals surface area (Å²) in [5.74, 6) is -0.138. The first kappa shape index (κ1) is 9.44. The number of carboxylic acid groups (broad SMARTS) is 1. The summed E-state index contributed by atoms with van der Waals surface area (Å²) in [6, 6.07) is 1.71. The molecule has 5 nitrogen and oxygen atoms in total. The van der Waals surface area contributed by atoms with Gasteiger partial charge in [-0.25, -0.2) is 9.97 Å². The smallest absolute Gasteiger partial charge is 0.305 e. The molecule has 0 saturated carbocycles. The lowest BCUT2D eigenvalue weighted by atomic mass is 10.4. The van der Waals surface area contributed by atoms with Crippen LogP contribution in [0.3, 0.4) is 0 Å². The van der Waals surface area contributed by atoms with Gasteiger partial charge in [0.1, 0.15) is 5.82 Å². The summed E-state index contributed by atoms with van der Waals surface area (Å²) in [5.41, 5.74) is 0. The number of carbonyl (C=O) groups is 1. The van der Waals surface area contributed by atoms with E-state index in [1.54, 1.807) is 24.2 Å². The molecule has 0 amide bonds. The molecule has 0 unspecified atom stereocenters. The van der Waals surface area contributed by atoms with Crippen molar-refractivity contribution < 1.29 is 9.90 Å². The van der Waals surface area contributed by atoms with Gasteiger partial charge in [0.25, 0.3) is 0 Å². The first-order chi connectivity index (χ1) is 6.20. The van der Waals surface area contributed by atoms with Crippen molar-refractivity contribution in [2.75, 3.05) is 18.5 Å². The van der Waals surface area contributed by atoms with Gasteiger partial charge in [0.15, 0.2) is 6.33 Å². The SMILES string of the molecule is CN(CCC(=O)O)c1ccn[c]n1. The highest BCUT2D eigenvalue weighted by molar-refractivity contribution is 5.67. The van der Waals surface area contributed by atoms with E-state index < -0.39 is 5.97 Å². The lowest BCUT2D eigenvalue weighted by molar-refractivity contribution is -0.136. The molecule has 0 atom stereocenters. The Hall–Kier alpha value is -1.65. The van der Waals surface area contributed by atoms with Crippen molar-refractivity contribution in [1.82, 2.24) is 9.97 Å². The maximum Gasteiger partial charge on any atom is 0.305 e. The van der Waals surface area contributed by atoms with Gasteiger partial charge in [-0.3, -0.25) is 4.79 Å². The molecule has 0 aliphatic rings. The van der Waals surface area contributed by atoms with Gasteiger partial charge in [-0.15, -0.1) is 0 Å². The molecule has 1 N–H and O–H groups in total. The molecule has 5 heteroatoms. The molecule has 0 fully saturated rings. The average Bonchev–Trinajstić information content (AvgIpc) is 2.15. The zero-order valence-corrected chi connectivity index (χ0v) is 7.27. The summed E-state index contributed by atoms with van der Waals surface area (Å²) in [6.07, 6.45) is 4.11. The van der Waals surface area contributed by atoms with E-state index in [2.05, 4.69) is 16.3 Å². The van der Waals surface area contributed by atoms with Gasteiger partial charge in [-0.05, 0) is 6.07 Å². The van der Waals surface area contributed by atoms with Crippen LogP contribution >= 0.6 is 0 Å². The first-order valence-corrected chi connectivity index (χ1v) is 3.82. The van der Waals surface area contributed by atoms with Crippen molar-refractivity contribution >= 4 is 11.8 Å². The highest BCUT2D eigenvalue weighted by atomic mass is 16.4. The van der Waals surface area contributed by atoms with E-state index in [4.69, 9.17) is 5.11 Å². The molecule has 1 aromatic heterocycles. The molecule has 0 aliphatic heterocycles. The maximum atomic E-state index is 10.3. The summed E-state index contributed by atoms with van der Waals surface area (Å²) in [4.78, 5) is 19.5.